The van der Waals surface area contributed by atoms with Crippen molar-refractivity contribution in [2.24, 2.45) is 5.73 Å². The first-order chi connectivity index (χ1) is 6.86. The van der Waals surface area contributed by atoms with Gasteiger partial charge in [0, 0.05) is 12.7 Å². The summed E-state index contributed by atoms with van der Waals surface area (Å²) in [5, 5.41) is 11.7. The van der Waals surface area contributed by atoms with Gasteiger partial charge in [0.1, 0.15) is 11.9 Å². The van der Waals surface area contributed by atoms with Crippen molar-refractivity contribution in [1.29, 1.82) is 5.26 Å². The average Bonchev–Trinajstić information content (AvgIpc) is 2.25. The number of aromatic nitrogens is 1. The van der Waals surface area contributed by atoms with Gasteiger partial charge in [-0.15, -0.1) is 0 Å². The van der Waals surface area contributed by atoms with Crippen molar-refractivity contribution in [3.8, 4) is 6.07 Å². The number of nitrogens with two attached hydrogens (primary N) is 1. The van der Waals surface area contributed by atoms with Crippen LogP contribution in [0.2, 0.25) is 0 Å². The molecule has 0 aliphatic rings. The van der Waals surface area contributed by atoms with E-state index in [0.717, 1.165) is 31.7 Å². The Balaban J connectivity index is 2.33. The summed E-state index contributed by atoms with van der Waals surface area (Å²) in [5.74, 6) is 0.807. The van der Waals surface area contributed by atoms with Gasteiger partial charge < -0.3 is 11.1 Å². The van der Waals surface area contributed by atoms with Gasteiger partial charge in [0.05, 0.1) is 5.56 Å². The van der Waals surface area contributed by atoms with E-state index in [1.807, 2.05) is 6.07 Å². The molecule has 1 heterocycles. The number of anilines is 1. The second-order valence-corrected chi connectivity index (χ2v) is 2.97. The summed E-state index contributed by atoms with van der Waals surface area (Å²) in [4.78, 5) is 4.08. The average molecular weight is 190 g/mol. The molecule has 0 radical (unpaired) electrons. The summed E-state index contributed by atoms with van der Waals surface area (Å²) >= 11 is 0. The largest absolute Gasteiger partial charge is 0.370 e. The van der Waals surface area contributed by atoms with Crippen molar-refractivity contribution < 1.29 is 0 Å². The first-order valence-corrected chi connectivity index (χ1v) is 4.67. The van der Waals surface area contributed by atoms with Crippen LogP contribution in [0.15, 0.2) is 18.3 Å². The van der Waals surface area contributed by atoms with Crippen LogP contribution >= 0.6 is 0 Å². The van der Waals surface area contributed by atoms with Crippen molar-refractivity contribution >= 4 is 5.82 Å². The Labute approximate surface area is 83.8 Å². The molecular formula is C10H14N4. The van der Waals surface area contributed by atoms with E-state index in [0.29, 0.717) is 5.56 Å². The van der Waals surface area contributed by atoms with E-state index in [1.54, 1.807) is 18.3 Å². The first-order valence-electron chi connectivity index (χ1n) is 4.67. The third-order valence-electron chi connectivity index (χ3n) is 1.83. The van der Waals surface area contributed by atoms with E-state index >= 15 is 0 Å². The highest BCUT2D eigenvalue weighted by atomic mass is 15.0. The molecule has 0 aliphatic heterocycles. The highest BCUT2D eigenvalue weighted by molar-refractivity contribution is 5.38. The highest BCUT2D eigenvalue weighted by Crippen LogP contribution is 2.03. The van der Waals surface area contributed by atoms with Gasteiger partial charge in [0.2, 0.25) is 0 Å². The molecule has 0 aromatic carbocycles. The van der Waals surface area contributed by atoms with E-state index in [-0.39, 0.29) is 0 Å². The summed E-state index contributed by atoms with van der Waals surface area (Å²) in [5.41, 5.74) is 5.95. The Morgan fingerprint density at radius 3 is 2.86 bits per heavy atom. The Bertz CT molecular complexity index is 299. The minimum Gasteiger partial charge on any atom is -0.370 e. The predicted octanol–water partition coefficient (Wildman–Crippen LogP) is 1.10. The maximum Gasteiger partial charge on any atom is 0.125 e. The predicted molar refractivity (Wildman–Crippen MR) is 55.7 cm³/mol. The number of pyridine rings is 1. The van der Waals surface area contributed by atoms with Crippen molar-refractivity contribution in [3.05, 3.63) is 23.9 Å². The van der Waals surface area contributed by atoms with Crippen LogP contribution in [0.4, 0.5) is 5.82 Å². The topological polar surface area (TPSA) is 74.7 Å². The minimum atomic E-state index is 0.581. The van der Waals surface area contributed by atoms with Gasteiger partial charge in [-0.1, -0.05) is 0 Å². The molecule has 0 unspecified atom stereocenters. The van der Waals surface area contributed by atoms with Crippen LogP contribution in [0.3, 0.4) is 0 Å². The highest BCUT2D eigenvalue weighted by Gasteiger charge is 1.93. The van der Waals surface area contributed by atoms with Crippen LogP contribution in [0.25, 0.3) is 0 Å². The quantitative estimate of drug-likeness (QED) is 0.682. The Kier molecular flexibility index (Phi) is 4.45. The molecule has 0 spiro atoms. The Hall–Kier alpha value is -1.60. The smallest absolute Gasteiger partial charge is 0.125 e. The SMILES string of the molecule is N#Cc1ccc(NCCCCN)nc1. The molecule has 4 nitrogen and oxygen atoms in total. The van der Waals surface area contributed by atoms with Gasteiger partial charge in [0.25, 0.3) is 0 Å². The normalized spacial score (nSPS) is 9.43. The number of nitrogens with zero attached hydrogens (tertiary/aromatic N) is 2. The zero-order valence-electron chi connectivity index (χ0n) is 8.03. The lowest BCUT2D eigenvalue weighted by Crippen LogP contribution is -2.06. The molecule has 1 aromatic heterocycles. The van der Waals surface area contributed by atoms with Gasteiger partial charge >= 0.3 is 0 Å². The molecule has 14 heavy (non-hydrogen) atoms. The van der Waals surface area contributed by atoms with Crippen LogP contribution in [0, 0.1) is 11.3 Å². The summed E-state index contributed by atoms with van der Waals surface area (Å²) < 4.78 is 0. The lowest BCUT2D eigenvalue weighted by Gasteiger charge is -2.03. The fourth-order valence-corrected chi connectivity index (χ4v) is 1.05. The van der Waals surface area contributed by atoms with Gasteiger partial charge in [-0.05, 0) is 31.5 Å². The first kappa shape index (κ1) is 10.5. The number of nitrogens with one attached hydrogen (secondary N) is 1. The minimum absolute atomic E-state index is 0.581. The van der Waals surface area contributed by atoms with Gasteiger partial charge in [-0.2, -0.15) is 5.26 Å². The molecule has 0 fully saturated rings. The summed E-state index contributed by atoms with van der Waals surface area (Å²) in [6.07, 6.45) is 3.62. The van der Waals surface area contributed by atoms with Crippen molar-refractivity contribution in [2.75, 3.05) is 18.4 Å². The number of hydrogen-bond donors (Lipinski definition) is 2. The third kappa shape index (κ3) is 3.42. The second kappa shape index (κ2) is 5.95. The Morgan fingerprint density at radius 2 is 2.29 bits per heavy atom. The van der Waals surface area contributed by atoms with Crippen LogP contribution in [0.5, 0.6) is 0 Å². The molecule has 0 atom stereocenters. The van der Waals surface area contributed by atoms with Crippen molar-refractivity contribution in [1.82, 2.24) is 4.98 Å². The molecule has 74 valence electrons. The molecule has 0 bridgehead atoms. The van der Waals surface area contributed by atoms with E-state index in [2.05, 4.69) is 10.3 Å². The molecule has 4 heteroatoms. The van der Waals surface area contributed by atoms with Gasteiger partial charge in [0.15, 0.2) is 0 Å². The zero-order valence-corrected chi connectivity index (χ0v) is 8.03. The van der Waals surface area contributed by atoms with E-state index in [9.17, 15) is 0 Å². The van der Waals surface area contributed by atoms with E-state index < -0.39 is 0 Å². The van der Waals surface area contributed by atoms with Crippen LogP contribution < -0.4 is 11.1 Å². The Morgan fingerprint density at radius 1 is 1.43 bits per heavy atom. The maximum atomic E-state index is 8.55. The number of hydrogen-bond acceptors (Lipinski definition) is 4. The molecule has 1 rings (SSSR count). The maximum absolute atomic E-state index is 8.55. The van der Waals surface area contributed by atoms with Gasteiger partial charge in [-0.25, -0.2) is 4.98 Å². The van der Waals surface area contributed by atoms with Crippen LogP contribution in [-0.2, 0) is 0 Å². The number of nitriles is 1. The molecular weight excluding hydrogens is 176 g/mol. The van der Waals surface area contributed by atoms with E-state index in [4.69, 9.17) is 11.0 Å². The van der Waals surface area contributed by atoms with Gasteiger partial charge in [-0.3, -0.25) is 0 Å². The lowest BCUT2D eigenvalue weighted by atomic mass is 10.3. The zero-order chi connectivity index (χ0) is 10.2. The standard InChI is InChI=1S/C10H14N4/c11-5-1-2-6-13-10-4-3-9(7-12)8-14-10/h3-4,8H,1-2,5-6,11H2,(H,13,14). The molecule has 0 saturated heterocycles. The van der Waals surface area contributed by atoms with Crippen molar-refractivity contribution in [2.45, 2.75) is 12.8 Å². The monoisotopic (exact) mass is 190 g/mol. The molecule has 0 amide bonds. The lowest BCUT2D eigenvalue weighted by molar-refractivity contribution is 0.772. The molecule has 0 saturated carbocycles. The molecule has 0 aliphatic carbocycles. The summed E-state index contributed by atoms with van der Waals surface area (Å²) in [6.45, 7) is 1.60. The fraction of sp³-hybridized carbons (Fsp3) is 0.400. The third-order valence-corrected chi connectivity index (χ3v) is 1.83. The van der Waals surface area contributed by atoms with Crippen LogP contribution in [0.1, 0.15) is 18.4 Å². The van der Waals surface area contributed by atoms with Crippen LogP contribution in [-0.4, -0.2) is 18.1 Å². The molecule has 3 N–H and O–H groups in total. The molecule has 1 aromatic rings. The summed E-state index contributed by atoms with van der Waals surface area (Å²) in [7, 11) is 0. The van der Waals surface area contributed by atoms with E-state index in [1.165, 1.54) is 0 Å². The number of unbranched alkanes of at least 4 members (excludes halogenated alkanes) is 1. The number of rotatable bonds is 5. The fourth-order valence-electron chi connectivity index (χ4n) is 1.05. The second-order valence-electron chi connectivity index (χ2n) is 2.97. The van der Waals surface area contributed by atoms with Crippen molar-refractivity contribution in [3.63, 3.8) is 0 Å². The summed E-state index contributed by atoms with van der Waals surface area (Å²) in [6, 6.07) is 5.58.